The number of nitrogens with zero attached hydrogens (tertiary/aromatic N) is 1. The average Bonchev–Trinajstić information content (AvgIpc) is 3.25. The third kappa shape index (κ3) is 5.08. The number of hydrogen-bond donors (Lipinski definition) is 1. The summed E-state index contributed by atoms with van der Waals surface area (Å²) in [6, 6.07) is 3.98. The van der Waals surface area contributed by atoms with Gasteiger partial charge in [-0.3, -0.25) is 9.69 Å². The molecule has 7 nitrogen and oxygen atoms in total. The first-order chi connectivity index (χ1) is 13.6. The van der Waals surface area contributed by atoms with Crippen molar-refractivity contribution in [3.8, 4) is 17.2 Å². The predicted molar refractivity (Wildman–Crippen MR) is 106 cm³/mol. The Labute approximate surface area is 167 Å². The Bertz CT molecular complexity index is 627. The molecule has 0 aromatic heterocycles. The van der Waals surface area contributed by atoms with E-state index in [1.807, 2.05) is 12.1 Å². The van der Waals surface area contributed by atoms with Crippen molar-refractivity contribution >= 4 is 5.91 Å². The van der Waals surface area contributed by atoms with Crippen molar-refractivity contribution in [3.05, 3.63) is 17.7 Å². The first-order valence-corrected chi connectivity index (χ1v) is 10.0. The van der Waals surface area contributed by atoms with E-state index in [2.05, 4.69) is 10.2 Å². The molecule has 1 aromatic carbocycles. The first-order valence-electron chi connectivity index (χ1n) is 10.0. The quantitative estimate of drug-likeness (QED) is 0.732. The van der Waals surface area contributed by atoms with E-state index >= 15 is 0 Å². The Morgan fingerprint density at radius 1 is 1.11 bits per heavy atom. The van der Waals surface area contributed by atoms with Gasteiger partial charge in [-0.25, -0.2) is 0 Å². The Hall–Kier alpha value is -1.99. The lowest BCUT2D eigenvalue weighted by Crippen LogP contribution is -2.42. The van der Waals surface area contributed by atoms with Gasteiger partial charge in [0.05, 0.1) is 27.4 Å². The van der Waals surface area contributed by atoms with Crippen LogP contribution in [0.25, 0.3) is 0 Å². The Morgan fingerprint density at radius 3 is 2.32 bits per heavy atom. The monoisotopic (exact) mass is 392 g/mol. The number of methoxy groups -OCH3 is 3. The Balaban J connectivity index is 1.50. The minimum absolute atomic E-state index is 0.0950. The number of piperidine rings is 1. The fraction of sp³-hybridized carbons (Fsp3) is 0.667. The van der Waals surface area contributed by atoms with Gasteiger partial charge in [0.15, 0.2) is 11.5 Å². The molecule has 0 spiro atoms. The van der Waals surface area contributed by atoms with Crippen LogP contribution >= 0.6 is 0 Å². The van der Waals surface area contributed by atoms with E-state index in [0.717, 1.165) is 57.5 Å². The molecule has 1 amide bonds. The lowest BCUT2D eigenvalue weighted by Gasteiger charge is -2.31. The van der Waals surface area contributed by atoms with E-state index in [9.17, 15) is 4.79 Å². The minimum atomic E-state index is 0.0950. The van der Waals surface area contributed by atoms with Gasteiger partial charge < -0.3 is 24.3 Å². The number of likely N-dealkylation sites (tertiary alicyclic amines) is 1. The molecule has 2 aliphatic rings. The molecule has 1 aromatic rings. The molecule has 2 aliphatic heterocycles. The van der Waals surface area contributed by atoms with Crippen LogP contribution in [0.4, 0.5) is 0 Å². The van der Waals surface area contributed by atoms with Gasteiger partial charge in [0.1, 0.15) is 0 Å². The molecule has 0 bridgehead atoms. The van der Waals surface area contributed by atoms with Gasteiger partial charge >= 0.3 is 0 Å². The third-order valence-corrected chi connectivity index (χ3v) is 5.62. The molecule has 156 valence electrons. The molecule has 3 rings (SSSR count). The van der Waals surface area contributed by atoms with Gasteiger partial charge in [-0.15, -0.1) is 0 Å². The minimum Gasteiger partial charge on any atom is -0.493 e. The van der Waals surface area contributed by atoms with Crippen LogP contribution in [0.5, 0.6) is 17.2 Å². The van der Waals surface area contributed by atoms with Crippen LogP contribution in [-0.4, -0.2) is 64.5 Å². The average molecular weight is 392 g/mol. The zero-order chi connectivity index (χ0) is 19.9. The summed E-state index contributed by atoms with van der Waals surface area (Å²) in [5.41, 5.74) is 1.11. The van der Waals surface area contributed by atoms with Crippen LogP contribution in [0.3, 0.4) is 0 Å². The highest BCUT2D eigenvalue weighted by atomic mass is 16.5. The summed E-state index contributed by atoms with van der Waals surface area (Å²) in [5, 5.41) is 3.07. The largest absolute Gasteiger partial charge is 0.493 e. The molecule has 1 atom stereocenters. The van der Waals surface area contributed by atoms with Crippen molar-refractivity contribution in [1.82, 2.24) is 10.2 Å². The van der Waals surface area contributed by atoms with Crippen LogP contribution in [0.15, 0.2) is 12.1 Å². The van der Waals surface area contributed by atoms with Crippen molar-refractivity contribution in [1.29, 1.82) is 0 Å². The number of benzene rings is 1. The molecule has 7 heteroatoms. The standard InChI is InChI=1S/C21H32N2O5/c1-25-18-11-15(12-19(26-2)20(18)27-3)14-23-8-6-16(7-9-23)21(24)22-13-17-5-4-10-28-17/h11-12,16-17H,4-10,13-14H2,1-3H3,(H,22,24)/t17-/m1/s1. The van der Waals surface area contributed by atoms with E-state index in [1.165, 1.54) is 0 Å². The topological polar surface area (TPSA) is 69.3 Å². The summed E-state index contributed by atoms with van der Waals surface area (Å²) in [4.78, 5) is 14.8. The molecule has 0 unspecified atom stereocenters. The summed E-state index contributed by atoms with van der Waals surface area (Å²) in [5.74, 6) is 2.20. The summed E-state index contributed by atoms with van der Waals surface area (Å²) in [6.45, 7) is 4.05. The Kier molecular flexibility index (Phi) is 7.39. The van der Waals surface area contributed by atoms with E-state index < -0.39 is 0 Å². The van der Waals surface area contributed by atoms with Crippen molar-refractivity contribution in [2.24, 2.45) is 5.92 Å². The van der Waals surface area contributed by atoms with Crippen LogP contribution in [-0.2, 0) is 16.1 Å². The number of ether oxygens (including phenoxy) is 4. The molecule has 2 saturated heterocycles. The number of hydrogen-bond acceptors (Lipinski definition) is 6. The van der Waals surface area contributed by atoms with Gasteiger partial charge in [0.2, 0.25) is 11.7 Å². The van der Waals surface area contributed by atoms with E-state index in [-0.39, 0.29) is 17.9 Å². The highest BCUT2D eigenvalue weighted by molar-refractivity contribution is 5.78. The van der Waals surface area contributed by atoms with Crippen molar-refractivity contribution in [3.63, 3.8) is 0 Å². The predicted octanol–water partition coefficient (Wildman–Crippen LogP) is 2.22. The zero-order valence-electron chi connectivity index (χ0n) is 17.2. The van der Waals surface area contributed by atoms with E-state index in [1.54, 1.807) is 21.3 Å². The second kappa shape index (κ2) is 9.98. The van der Waals surface area contributed by atoms with Crippen LogP contribution < -0.4 is 19.5 Å². The number of carbonyl (C=O) groups excluding carboxylic acids is 1. The fourth-order valence-electron chi connectivity index (χ4n) is 4.00. The molecule has 2 heterocycles. The zero-order valence-corrected chi connectivity index (χ0v) is 17.2. The summed E-state index contributed by atoms with van der Waals surface area (Å²) >= 11 is 0. The molecule has 28 heavy (non-hydrogen) atoms. The number of nitrogens with one attached hydrogen (secondary N) is 1. The highest BCUT2D eigenvalue weighted by Crippen LogP contribution is 2.38. The fourth-order valence-corrected chi connectivity index (χ4v) is 4.00. The smallest absolute Gasteiger partial charge is 0.223 e. The second-order valence-corrected chi connectivity index (χ2v) is 7.46. The molecule has 0 saturated carbocycles. The summed E-state index contributed by atoms with van der Waals surface area (Å²) in [6.07, 6.45) is 4.10. The second-order valence-electron chi connectivity index (χ2n) is 7.46. The molecule has 0 radical (unpaired) electrons. The highest BCUT2D eigenvalue weighted by Gasteiger charge is 2.26. The molecule has 0 aliphatic carbocycles. The van der Waals surface area contributed by atoms with Crippen molar-refractivity contribution < 1.29 is 23.7 Å². The van der Waals surface area contributed by atoms with Gasteiger partial charge in [-0.2, -0.15) is 0 Å². The molecular weight excluding hydrogens is 360 g/mol. The van der Waals surface area contributed by atoms with Crippen LogP contribution in [0, 0.1) is 5.92 Å². The third-order valence-electron chi connectivity index (χ3n) is 5.62. The normalized spacial score (nSPS) is 20.8. The maximum Gasteiger partial charge on any atom is 0.223 e. The molecular formula is C21H32N2O5. The molecule has 1 N–H and O–H groups in total. The van der Waals surface area contributed by atoms with E-state index in [0.29, 0.717) is 23.8 Å². The maximum absolute atomic E-state index is 12.4. The number of amides is 1. The first kappa shape index (κ1) is 20.7. The van der Waals surface area contributed by atoms with Gasteiger partial charge in [0.25, 0.3) is 0 Å². The SMILES string of the molecule is COc1cc(CN2CCC(C(=O)NC[C@H]3CCCO3)CC2)cc(OC)c1OC. The van der Waals surface area contributed by atoms with Gasteiger partial charge in [0, 0.05) is 25.6 Å². The van der Waals surface area contributed by atoms with Crippen molar-refractivity contribution in [2.75, 3.05) is 47.6 Å². The molecule has 2 fully saturated rings. The maximum atomic E-state index is 12.4. The van der Waals surface area contributed by atoms with Crippen LogP contribution in [0.1, 0.15) is 31.2 Å². The van der Waals surface area contributed by atoms with Crippen molar-refractivity contribution in [2.45, 2.75) is 38.3 Å². The lowest BCUT2D eigenvalue weighted by atomic mass is 9.95. The van der Waals surface area contributed by atoms with Gasteiger partial charge in [-0.1, -0.05) is 0 Å². The number of rotatable bonds is 8. The summed E-state index contributed by atoms with van der Waals surface area (Å²) in [7, 11) is 4.86. The summed E-state index contributed by atoms with van der Waals surface area (Å²) < 4.78 is 21.8. The van der Waals surface area contributed by atoms with E-state index in [4.69, 9.17) is 18.9 Å². The van der Waals surface area contributed by atoms with Gasteiger partial charge in [-0.05, 0) is 56.5 Å². The van der Waals surface area contributed by atoms with Crippen LogP contribution in [0.2, 0.25) is 0 Å². The number of carbonyl (C=O) groups is 1. The lowest BCUT2D eigenvalue weighted by molar-refractivity contribution is -0.127. The Morgan fingerprint density at radius 2 is 1.79 bits per heavy atom.